The van der Waals surface area contributed by atoms with Gasteiger partial charge in [-0.2, -0.15) is 4.98 Å². The lowest BCUT2D eigenvalue weighted by atomic mass is 10.2. The first-order valence-electron chi connectivity index (χ1n) is 8.77. The number of aromatic nitrogens is 3. The van der Waals surface area contributed by atoms with E-state index in [0.29, 0.717) is 23.0 Å². The topological polar surface area (TPSA) is 65.0 Å². The van der Waals surface area contributed by atoms with Crippen molar-refractivity contribution in [1.82, 2.24) is 15.0 Å². The lowest BCUT2D eigenvalue weighted by Crippen LogP contribution is -1.96. The molecule has 0 spiro atoms. The molecule has 0 N–H and O–H groups in total. The molecule has 5 rings (SSSR count). The van der Waals surface area contributed by atoms with Crippen molar-refractivity contribution in [3.63, 3.8) is 0 Å². The van der Waals surface area contributed by atoms with Gasteiger partial charge < -0.3 is 4.74 Å². The Balaban J connectivity index is 1.66. The lowest BCUT2D eigenvalue weighted by molar-refractivity contribution is 0.112. The Morgan fingerprint density at radius 1 is 1.07 bits per heavy atom. The molecule has 1 aromatic carbocycles. The molecular weight excluding hydrogens is 358 g/mol. The Morgan fingerprint density at radius 3 is 2.74 bits per heavy atom. The predicted molar refractivity (Wildman–Crippen MR) is 105 cm³/mol. The van der Waals surface area contributed by atoms with Crippen LogP contribution < -0.4 is 4.74 Å². The van der Waals surface area contributed by atoms with Crippen LogP contribution in [0.5, 0.6) is 11.6 Å². The van der Waals surface area contributed by atoms with Crippen LogP contribution in [-0.4, -0.2) is 21.2 Å². The summed E-state index contributed by atoms with van der Waals surface area (Å²) in [7, 11) is 0. The molecule has 0 unspecified atom stereocenters. The van der Waals surface area contributed by atoms with E-state index in [2.05, 4.69) is 4.98 Å². The average Bonchev–Trinajstić information content (AvgIpc) is 3.30. The van der Waals surface area contributed by atoms with Gasteiger partial charge in [-0.1, -0.05) is 0 Å². The zero-order valence-corrected chi connectivity index (χ0v) is 15.2. The maximum atomic E-state index is 10.9. The van der Waals surface area contributed by atoms with Crippen molar-refractivity contribution < 1.29 is 9.53 Å². The third kappa shape index (κ3) is 2.88. The number of rotatable bonds is 4. The Bertz CT molecular complexity index is 1140. The molecule has 1 aliphatic rings. The summed E-state index contributed by atoms with van der Waals surface area (Å²) in [6.45, 7) is 0. The fraction of sp³-hybridized carbons (Fsp3) is 0.143. The fourth-order valence-corrected chi connectivity index (χ4v) is 4.64. The van der Waals surface area contributed by atoms with Crippen LogP contribution in [0.4, 0.5) is 0 Å². The molecular formula is C21H15N3O2S. The first-order valence-corrected chi connectivity index (χ1v) is 9.59. The van der Waals surface area contributed by atoms with Gasteiger partial charge in [0.1, 0.15) is 16.9 Å². The van der Waals surface area contributed by atoms with Crippen molar-refractivity contribution in [2.75, 3.05) is 0 Å². The van der Waals surface area contributed by atoms with E-state index in [4.69, 9.17) is 14.7 Å². The number of aryl methyl sites for hydroxylation is 2. The van der Waals surface area contributed by atoms with Gasteiger partial charge in [-0.25, -0.2) is 4.98 Å². The number of hydrogen-bond donors (Lipinski definition) is 0. The van der Waals surface area contributed by atoms with Gasteiger partial charge in [-0.05, 0) is 61.2 Å². The van der Waals surface area contributed by atoms with Crippen LogP contribution in [0.25, 0.3) is 21.6 Å². The van der Waals surface area contributed by atoms with E-state index >= 15 is 0 Å². The van der Waals surface area contributed by atoms with Gasteiger partial charge in [-0.15, -0.1) is 11.3 Å². The monoisotopic (exact) mass is 373 g/mol. The average molecular weight is 373 g/mol. The van der Waals surface area contributed by atoms with E-state index < -0.39 is 0 Å². The number of carbonyl (C=O) groups excluding carboxylic acids is 1. The highest BCUT2D eigenvalue weighted by molar-refractivity contribution is 7.19. The fourth-order valence-electron chi connectivity index (χ4n) is 3.39. The molecule has 0 fully saturated rings. The minimum Gasteiger partial charge on any atom is -0.438 e. The second-order valence-electron chi connectivity index (χ2n) is 6.42. The smallest absolute Gasteiger partial charge is 0.231 e. The third-order valence-electron chi connectivity index (χ3n) is 4.68. The summed E-state index contributed by atoms with van der Waals surface area (Å²) in [6.07, 6.45) is 7.59. The van der Waals surface area contributed by atoms with Crippen LogP contribution in [0.2, 0.25) is 0 Å². The first-order chi connectivity index (χ1) is 13.3. The predicted octanol–water partition coefficient (Wildman–Crippen LogP) is 4.85. The summed E-state index contributed by atoms with van der Waals surface area (Å²) in [6, 6.07) is 10.9. The molecule has 0 amide bonds. The molecule has 1 aliphatic carbocycles. The molecule has 0 saturated heterocycles. The Hall–Kier alpha value is -3.12. The lowest BCUT2D eigenvalue weighted by Gasteiger charge is -2.09. The molecule has 6 heteroatoms. The van der Waals surface area contributed by atoms with Crippen molar-refractivity contribution >= 4 is 27.8 Å². The maximum absolute atomic E-state index is 10.9. The van der Waals surface area contributed by atoms with Crippen molar-refractivity contribution in [3.05, 3.63) is 64.8 Å². The van der Waals surface area contributed by atoms with Crippen LogP contribution in [0.15, 0.2) is 48.8 Å². The number of pyridine rings is 1. The minimum atomic E-state index is 0.567. The van der Waals surface area contributed by atoms with Crippen LogP contribution in [-0.2, 0) is 12.8 Å². The van der Waals surface area contributed by atoms with Crippen LogP contribution in [0.1, 0.15) is 27.2 Å². The van der Waals surface area contributed by atoms with E-state index in [1.54, 1.807) is 48.0 Å². The zero-order chi connectivity index (χ0) is 18.2. The molecule has 3 heterocycles. The summed E-state index contributed by atoms with van der Waals surface area (Å²) in [4.78, 5) is 26.9. The van der Waals surface area contributed by atoms with Gasteiger partial charge in [0.25, 0.3) is 0 Å². The molecule has 132 valence electrons. The summed E-state index contributed by atoms with van der Waals surface area (Å²) in [5, 5.41) is 1.01. The van der Waals surface area contributed by atoms with E-state index in [0.717, 1.165) is 41.3 Å². The highest BCUT2D eigenvalue weighted by Gasteiger charge is 2.24. The maximum Gasteiger partial charge on any atom is 0.231 e. The van der Waals surface area contributed by atoms with Gasteiger partial charge in [0.05, 0.1) is 5.39 Å². The highest BCUT2D eigenvalue weighted by Crippen LogP contribution is 2.42. The van der Waals surface area contributed by atoms with Gasteiger partial charge in [0, 0.05) is 28.4 Å². The molecule has 0 saturated carbocycles. The van der Waals surface area contributed by atoms with E-state index in [1.165, 1.54) is 10.4 Å². The largest absolute Gasteiger partial charge is 0.438 e. The number of fused-ring (bicyclic) bond motifs is 3. The van der Waals surface area contributed by atoms with Crippen LogP contribution >= 0.6 is 11.3 Å². The second kappa shape index (κ2) is 6.55. The van der Waals surface area contributed by atoms with E-state index in [-0.39, 0.29) is 0 Å². The molecule has 0 radical (unpaired) electrons. The van der Waals surface area contributed by atoms with Crippen LogP contribution in [0, 0.1) is 0 Å². The minimum absolute atomic E-state index is 0.567. The Kier molecular flexibility index (Phi) is 3.90. The molecule has 0 bridgehead atoms. The number of carbonyl (C=O) groups is 1. The standard InChI is InChI=1S/C21H15N3O2S/c25-12-13-6-8-15(9-7-13)26-20-18-16-4-1-5-17(16)27-21(18)24-19(23-20)14-3-2-10-22-11-14/h2-3,6-12H,1,4-5H2. The quantitative estimate of drug-likeness (QED) is 0.479. The second-order valence-corrected chi connectivity index (χ2v) is 7.50. The number of ether oxygens (including phenoxy) is 1. The van der Waals surface area contributed by atoms with Gasteiger partial charge >= 0.3 is 0 Å². The summed E-state index contributed by atoms with van der Waals surface area (Å²) < 4.78 is 6.16. The summed E-state index contributed by atoms with van der Waals surface area (Å²) in [5.74, 6) is 1.82. The van der Waals surface area contributed by atoms with E-state index in [1.807, 2.05) is 12.1 Å². The number of thiophene rings is 1. The Labute approximate surface area is 159 Å². The SMILES string of the molecule is O=Cc1ccc(Oc2nc(-c3cccnc3)nc3sc4c(c23)CCC4)cc1. The normalized spacial score (nSPS) is 12.9. The van der Waals surface area contributed by atoms with Gasteiger partial charge in [-0.3, -0.25) is 9.78 Å². The molecule has 0 aliphatic heterocycles. The molecule has 3 aromatic heterocycles. The summed E-state index contributed by atoms with van der Waals surface area (Å²) >= 11 is 1.73. The van der Waals surface area contributed by atoms with E-state index in [9.17, 15) is 4.79 Å². The van der Waals surface area contributed by atoms with Crippen LogP contribution in [0.3, 0.4) is 0 Å². The van der Waals surface area contributed by atoms with Crippen molar-refractivity contribution in [2.45, 2.75) is 19.3 Å². The first kappa shape index (κ1) is 16.1. The summed E-state index contributed by atoms with van der Waals surface area (Å²) in [5.41, 5.74) is 2.78. The molecule has 27 heavy (non-hydrogen) atoms. The molecule has 4 aromatic rings. The molecule has 5 nitrogen and oxygen atoms in total. The van der Waals surface area contributed by atoms with Crippen molar-refractivity contribution in [2.24, 2.45) is 0 Å². The Morgan fingerprint density at radius 2 is 1.96 bits per heavy atom. The number of nitrogens with zero attached hydrogens (tertiary/aromatic N) is 3. The van der Waals surface area contributed by atoms with Gasteiger partial charge in [0.15, 0.2) is 5.82 Å². The third-order valence-corrected chi connectivity index (χ3v) is 5.87. The highest BCUT2D eigenvalue weighted by atomic mass is 32.1. The van der Waals surface area contributed by atoms with Gasteiger partial charge in [0.2, 0.25) is 5.88 Å². The zero-order valence-electron chi connectivity index (χ0n) is 14.4. The number of aldehydes is 1. The number of benzene rings is 1. The number of hydrogen-bond acceptors (Lipinski definition) is 6. The molecule has 0 atom stereocenters. The van der Waals surface area contributed by atoms with Crippen molar-refractivity contribution in [1.29, 1.82) is 0 Å². The van der Waals surface area contributed by atoms with Crippen molar-refractivity contribution in [3.8, 4) is 23.0 Å².